The molecule has 27 heavy (non-hydrogen) atoms. The lowest BCUT2D eigenvalue weighted by Crippen LogP contribution is -2.32. The predicted molar refractivity (Wildman–Crippen MR) is 95.4 cm³/mol. The summed E-state index contributed by atoms with van der Waals surface area (Å²) < 4.78 is 7.22. The molecular weight excluding hydrogens is 352 g/mol. The number of aliphatic hydroxyl groups is 2. The standard InChI is InChI=1S/C17H18N6O4/c18-15-12-16(20-8-19-15)23(9-21-12)17-14(25)13(24)11(27-17)6-22-26-7-10-4-2-1-3-5-10/h1-6,8-9,11,13-14,17,24-25H,7H2,(H2,18,19,20)/b22-6+. The van der Waals surface area contributed by atoms with Gasteiger partial charge in [0, 0.05) is 0 Å². The summed E-state index contributed by atoms with van der Waals surface area (Å²) in [7, 11) is 0. The molecular formula is C17H18N6O4. The molecule has 1 aliphatic rings. The Morgan fingerprint density at radius 3 is 2.81 bits per heavy atom. The van der Waals surface area contributed by atoms with E-state index >= 15 is 0 Å². The molecule has 4 unspecified atom stereocenters. The predicted octanol–water partition coefficient (Wildman–Crippen LogP) is 0.230. The van der Waals surface area contributed by atoms with Gasteiger partial charge in [-0.05, 0) is 5.56 Å². The van der Waals surface area contributed by atoms with Gasteiger partial charge in [0.15, 0.2) is 17.7 Å². The third-order valence-corrected chi connectivity index (χ3v) is 4.29. The van der Waals surface area contributed by atoms with Crippen molar-refractivity contribution < 1.29 is 19.8 Å². The van der Waals surface area contributed by atoms with Gasteiger partial charge in [0.05, 0.1) is 12.5 Å². The maximum absolute atomic E-state index is 10.4. The lowest BCUT2D eigenvalue weighted by Gasteiger charge is -2.16. The van der Waals surface area contributed by atoms with Gasteiger partial charge in [-0.2, -0.15) is 0 Å². The number of fused-ring (bicyclic) bond motifs is 1. The van der Waals surface area contributed by atoms with Gasteiger partial charge >= 0.3 is 0 Å². The van der Waals surface area contributed by atoms with Crippen LogP contribution in [-0.2, 0) is 16.2 Å². The maximum Gasteiger partial charge on any atom is 0.167 e. The molecule has 1 saturated heterocycles. The average molecular weight is 370 g/mol. The second-order valence-corrected chi connectivity index (χ2v) is 6.07. The van der Waals surface area contributed by atoms with Gasteiger partial charge in [-0.25, -0.2) is 15.0 Å². The largest absolute Gasteiger partial charge is 0.391 e. The fourth-order valence-electron chi connectivity index (χ4n) is 2.88. The lowest BCUT2D eigenvalue weighted by molar-refractivity contribution is -0.0216. The number of nitrogen functional groups attached to an aromatic ring is 1. The highest BCUT2D eigenvalue weighted by Crippen LogP contribution is 2.31. The van der Waals surface area contributed by atoms with E-state index in [-0.39, 0.29) is 12.4 Å². The van der Waals surface area contributed by atoms with E-state index in [1.807, 2.05) is 30.3 Å². The van der Waals surface area contributed by atoms with Crippen LogP contribution in [0.2, 0.25) is 0 Å². The minimum Gasteiger partial charge on any atom is -0.391 e. The van der Waals surface area contributed by atoms with Gasteiger partial charge in [-0.1, -0.05) is 35.5 Å². The van der Waals surface area contributed by atoms with E-state index in [0.29, 0.717) is 11.2 Å². The molecule has 10 nitrogen and oxygen atoms in total. The Balaban J connectivity index is 1.46. The molecule has 0 saturated carbocycles. The van der Waals surface area contributed by atoms with E-state index in [9.17, 15) is 10.2 Å². The van der Waals surface area contributed by atoms with Crippen LogP contribution in [0.4, 0.5) is 5.82 Å². The SMILES string of the molecule is Nc1ncnc2c1ncn2C1OC(/C=N/OCc2ccccc2)C(O)C1O. The first-order valence-electron chi connectivity index (χ1n) is 8.29. The fourth-order valence-corrected chi connectivity index (χ4v) is 2.88. The van der Waals surface area contributed by atoms with Gasteiger partial charge in [0.2, 0.25) is 0 Å². The van der Waals surface area contributed by atoms with E-state index in [1.54, 1.807) is 0 Å². The number of imidazole rings is 1. The number of benzene rings is 1. The van der Waals surface area contributed by atoms with Crippen LogP contribution in [0.3, 0.4) is 0 Å². The Bertz CT molecular complexity index is 947. The molecule has 1 aromatic carbocycles. The molecule has 0 amide bonds. The zero-order chi connectivity index (χ0) is 18.8. The summed E-state index contributed by atoms with van der Waals surface area (Å²) in [5.74, 6) is 0.221. The Hall–Kier alpha value is -3.08. The monoisotopic (exact) mass is 370 g/mol. The summed E-state index contributed by atoms with van der Waals surface area (Å²) in [6.45, 7) is 0.286. The van der Waals surface area contributed by atoms with Gasteiger partial charge in [0.25, 0.3) is 0 Å². The number of hydrogen-bond donors (Lipinski definition) is 3. The normalized spacial score (nSPS) is 25.4. The van der Waals surface area contributed by atoms with Gasteiger partial charge < -0.3 is 25.5 Å². The van der Waals surface area contributed by atoms with E-state index < -0.39 is 24.5 Å². The summed E-state index contributed by atoms with van der Waals surface area (Å²) in [4.78, 5) is 17.3. The van der Waals surface area contributed by atoms with Gasteiger partial charge in [0.1, 0.15) is 36.8 Å². The zero-order valence-electron chi connectivity index (χ0n) is 14.2. The molecule has 4 N–H and O–H groups in total. The summed E-state index contributed by atoms with van der Waals surface area (Å²) >= 11 is 0. The summed E-state index contributed by atoms with van der Waals surface area (Å²) in [5.41, 5.74) is 7.52. The second-order valence-electron chi connectivity index (χ2n) is 6.07. The minimum atomic E-state index is -1.20. The quantitative estimate of drug-likeness (QED) is 0.428. The minimum absolute atomic E-state index is 0.221. The first kappa shape index (κ1) is 17.3. The number of rotatable bonds is 5. The number of nitrogens with two attached hydrogens (primary N) is 1. The van der Waals surface area contributed by atoms with E-state index in [4.69, 9.17) is 15.3 Å². The molecule has 140 valence electrons. The molecule has 0 aliphatic carbocycles. The van der Waals surface area contributed by atoms with Crippen LogP contribution < -0.4 is 5.73 Å². The number of oxime groups is 1. The smallest absolute Gasteiger partial charge is 0.167 e. The Kier molecular flexibility index (Phi) is 4.67. The third-order valence-electron chi connectivity index (χ3n) is 4.29. The Labute approximate surface area is 153 Å². The zero-order valence-corrected chi connectivity index (χ0v) is 14.2. The first-order chi connectivity index (χ1) is 13.1. The van der Waals surface area contributed by atoms with Crippen molar-refractivity contribution in [1.82, 2.24) is 19.5 Å². The average Bonchev–Trinajstić information content (AvgIpc) is 3.23. The number of ether oxygens (including phenoxy) is 1. The van der Waals surface area contributed by atoms with Crippen LogP contribution in [0.25, 0.3) is 11.2 Å². The molecule has 0 spiro atoms. The number of anilines is 1. The van der Waals surface area contributed by atoms with E-state index in [2.05, 4.69) is 20.1 Å². The third kappa shape index (κ3) is 3.33. The van der Waals surface area contributed by atoms with Crippen LogP contribution in [0.1, 0.15) is 11.8 Å². The lowest BCUT2D eigenvalue weighted by atomic mass is 10.1. The molecule has 4 atom stereocenters. The fraction of sp³-hybridized carbons (Fsp3) is 0.294. The summed E-state index contributed by atoms with van der Waals surface area (Å²) in [5, 5.41) is 24.5. The molecule has 2 aromatic heterocycles. The highest BCUT2D eigenvalue weighted by Gasteiger charge is 2.43. The van der Waals surface area contributed by atoms with Gasteiger partial charge in [-0.15, -0.1) is 0 Å². The van der Waals surface area contributed by atoms with Crippen LogP contribution in [0.15, 0.2) is 48.1 Å². The maximum atomic E-state index is 10.4. The number of hydrogen-bond acceptors (Lipinski definition) is 9. The van der Waals surface area contributed by atoms with E-state index in [1.165, 1.54) is 23.4 Å². The number of aliphatic hydroxyl groups excluding tert-OH is 2. The molecule has 1 fully saturated rings. The highest BCUT2D eigenvalue weighted by molar-refractivity contribution is 5.81. The van der Waals surface area contributed by atoms with Gasteiger partial charge in [-0.3, -0.25) is 4.57 Å². The Morgan fingerprint density at radius 2 is 2.00 bits per heavy atom. The van der Waals surface area contributed by atoms with Crippen molar-refractivity contribution in [2.24, 2.45) is 5.16 Å². The molecule has 1 aliphatic heterocycles. The topological polar surface area (TPSA) is 141 Å². The Morgan fingerprint density at radius 1 is 1.19 bits per heavy atom. The molecule has 0 radical (unpaired) electrons. The first-order valence-corrected chi connectivity index (χ1v) is 8.29. The van der Waals surface area contributed by atoms with Crippen molar-refractivity contribution in [2.45, 2.75) is 31.1 Å². The second kappa shape index (κ2) is 7.27. The van der Waals surface area contributed by atoms with Crippen molar-refractivity contribution in [1.29, 1.82) is 0 Å². The van der Waals surface area contributed by atoms with Crippen LogP contribution in [0, 0.1) is 0 Å². The summed E-state index contributed by atoms with van der Waals surface area (Å²) in [6.07, 6.45) is -0.0903. The molecule has 0 bridgehead atoms. The van der Waals surface area contributed by atoms with Crippen molar-refractivity contribution in [2.75, 3.05) is 5.73 Å². The molecule has 3 aromatic rings. The molecule has 10 heteroatoms. The van der Waals surface area contributed by atoms with Crippen molar-refractivity contribution in [3.8, 4) is 0 Å². The summed E-state index contributed by atoms with van der Waals surface area (Å²) in [6, 6.07) is 9.54. The van der Waals surface area contributed by atoms with Crippen LogP contribution in [-0.4, -0.2) is 54.3 Å². The van der Waals surface area contributed by atoms with Crippen LogP contribution >= 0.6 is 0 Å². The number of nitrogens with zero attached hydrogens (tertiary/aromatic N) is 5. The van der Waals surface area contributed by atoms with Crippen molar-refractivity contribution in [3.05, 3.63) is 48.5 Å². The van der Waals surface area contributed by atoms with Crippen LogP contribution in [0.5, 0.6) is 0 Å². The molecule has 4 rings (SSSR count). The number of aromatic nitrogens is 4. The van der Waals surface area contributed by atoms with E-state index in [0.717, 1.165) is 5.56 Å². The highest BCUT2D eigenvalue weighted by atomic mass is 16.6. The molecule has 3 heterocycles. The van der Waals surface area contributed by atoms with Crippen molar-refractivity contribution >= 4 is 23.2 Å². The van der Waals surface area contributed by atoms with Crippen molar-refractivity contribution in [3.63, 3.8) is 0 Å².